The molecule has 1 N–H and O–H groups in total. The largest absolute Gasteiger partial charge is 0.461 e. The molecule has 0 aromatic carbocycles. The summed E-state index contributed by atoms with van der Waals surface area (Å²) in [6, 6.07) is -0.184. The van der Waals surface area contributed by atoms with Gasteiger partial charge in [0.1, 0.15) is 17.7 Å². The molecule has 0 aromatic rings. The maximum Gasteiger partial charge on any atom is 0.306 e. The number of ether oxygens (including phenoxy) is 1. The number of rotatable bonds is 48. The van der Waals surface area contributed by atoms with Crippen LogP contribution in [0.4, 0.5) is 0 Å². The van der Waals surface area contributed by atoms with Crippen molar-refractivity contribution in [2.45, 2.75) is 311 Å². The van der Waals surface area contributed by atoms with E-state index in [2.05, 4.69) is 51.8 Å². The fourth-order valence-electron chi connectivity index (χ4n) is 9.85. The van der Waals surface area contributed by atoms with E-state index in [-0.39, 0.29) is 29.8 Å². The summed E-state index contributed by atoms with van der Waals surface area (Å²) in [6.45, 7) is 15.6. The molecular formula is C58H110N2O5. The minimum Gasteiger partial charge on any atom is -0.461 e. The van der Waals surface area contributed by atoms with Gasteiger partial charge in [0.15, 0.2) is 0 Å². The predicted molar refractivity (Wildman–Crippen MR) is 277 cm³/mol. The number of likely N-dealkylation sites (tertiary alicyclic amines) is 1. The smallest absolute Gasteiger partial charge is 0.306 e. The first-order chi connectivity index (χ1) is 31.6. The standard InChI is InChI=1S/C58H110N2O5/c1-7-10-13-16-19-20-24-29-36-45-59-57(63)42-35-30-37-46-60-49-54(65-58(64)44-43-51(6)50(4)5)48-55(60)56(62)41-34-28-23-21-22-27-33-40-53(61)47-52(38-31-25-17-14-11-8-2)39-32-26-18-15-12-9-3/h50-52,54-55H,7-49H2,1-6H3,(H,59,63). The topological polar surface area (TPSA) is 92.8 Å². The fraction of sp³-hybridized carbons (Fsp3) is 0.931. The molecule has 1 fully saturated rings. The van der Waals surface area contributed by atoms with Crippen molar-refractivity contribution in [1.29, 1.82) is 0 Å². The lowest BCUT2D eigenvalue weighted by molar-refractivity contribution is -0.149. The van der Waals surface area contributed by atoms with Crippen molar-refractivity contribution in [3.63, 3.8) is 0 Å². The Labute approximate surface area is 404 Å². The van der Waals surface area contributed by atoms with Crippen LogP contribution in [0.15, 0.2) is 0 Å². The van der Waals surface area contributed by atoms with Gasteiger partial charge >= 0.3 is 5.97 Å². The molecule has 1 heterocycles. The summed E-state index contributed by atoms with van der Waals surface area (Å²) in [5, 5.41) is 3.12. The number of ketones is 2. The Kier molecular flexibility index (Phi) is 41.0. The van der Waals surface area contributed by atoms with Gasteiger partial charge in [-0.2, -0.15) is 0 Å². The van der Waals surface area contributed by atoms with E-state index in [1.54, 1.807) is 0 Å². The molecule has 7 nitrogen and oxygen atoms in total. The van der Waals surface area contributed by atoms with Gasteiger partial charge in [0.2, 0.25) is 5.91 Å². The molecule has 0 aliphatic carbocycles. The molecule has 65 heavy (non-hydrogen) atoms. The Morgan fingerprint density at radius 1 is 0.523 bits per heavy atom. The van der Waals surface area contributed by atoms with Crippen molar-refractivity contribution < 1.29 is 23.9 Å². The lowest BCUT2D eigenvalue weighted by Gasteiger charge is -2.23. The van der Waals surface area contributed by atoms with Crippen LogP contribution in [0.3, 0.4) is 0 Å². The summed E-state index contributed by atoms with van der Waals surface area (Å²) < 4.78 is 5.98. The van der Waals surface area contributed by atoms with E-state index in [4.69, 9.17) is 4.74 Å². The van der Waals surface area contributed by atoms with Crippen LogP contribution in [-0.4, -0.2) is 60.1 Å². The first-order valence-electron chi connectivity index (χ1n) is 28.9. The van der Waals surface area contributed by atoms with Gasteiger partial charge in [-0.15, -0.1) is 0 Å². The van der Waals surface area contributed by atoms with Crippen molar-refractivity contribution >= 4 is 23.4 Å². The summed E-state index contributed by atoms with van der Waals surface area (Å²) >= 11 is 0. The van der Waals surface area contributed by atoms with Gasteiger partial charge in [-0.3, -0.25) is 24.1 Å². The molecule has 7 heteroatoms. The van der Waals surface area contributed by atoms with Gasteiger partial charge < -0.3 is 10.1 Å². The second-order valence-electron chi connectivity index (χ2n) is 21.3. The van der Waals surface area contributed by atoms with Crippen molar-refractivity contribution in [1.82, 2.24) is 10.2 Å². The Morgan fingerprint density at radius 3 is 1.52 bits per heavy atom. The lowest BCUT2D eigenvalue weighted by atomic mass is 9.89. The Hall–Kier alpha value is -1.76. The molecule has 0 radical (unpaired) electrons. The average molecular weight is 916 g/mol. The summed E-state index contributed by atoms with van der Waals surface area (Å²) in [5.41, 5.74) is 0. The zero-order chi connectivity index (χ0) is 47.6. The van der Waals surface area contributed by atoms with E-state index < -0.39 is 0 Å². The number of nitrogens with zero attached hydrogens (tertiary/aromatic N) is 1. The number of unbranched alkanes of at least 4 members (excludes halogenated alkanes) is 26. The van der Waals surface area contributed by atoms with E-state index in [0.29, 0.717) is 55.8 Å². The fourth-order valence-corrected chi connectivity index (χ4v) is 9.85. The lowest BCUT2D eigenvalue weighted by Crippen LogP contribution is -2.36. The SMILES string of the molecule is CCCCCCCCCCCNC(=O)CCCCCN1CC(OC(=O)CCC(C)C(C)C)CC1C(=O)CCCCCCCCCC(=O)CC(CCCCCCCC)CCCCCCCC. The van der Waals surface area contributed by atoms with Crippen LogP contribution >= 0.6 is 0 Å². The third kappa shape index (κ3) is 36.0. The van der Waals surface area contributed by atoms with Crippen LogP contribution in [0, 0.1) is 17.8 Å². The molecule has 1 amide bonds. The summed E-state index contributed by atoms with van der Waals surface area (Å²) in [6.07, 6.45) is 44.6. The van der Waals surface area contributed by atoms with Crippen molar-refractivity contribution in [2.24, 2.45) is 17.8 Å². The molecule has 1 aliphatic rings. The monoisotopic (exact) mass is 915 g/mol. The molecule has 1 aliphatic heterocycles. The third-order valence-electron chi connectivity index (χ3n) is 14.8. The van der Waals surface area contributed by atoms with E-state index in [1.807, 2.05) is 0 Å². The minimum absolute atomic E-state index is 0.135. The van der Waals surface area contributed by atoms with Crippen LogP contribution in [0.5, 0.6) is 0 Å². The zero-order valence-electron chi connectivity index (χ0n) is 44.3. The summed E-state index contributed by atoms with van der Waals surface area (Å²) in [5.74, 6) is 2.40. The molecule has 0 bridgehead atoms. The Morgan fingerprint density at radius 2 is 0.985 bits per heavy atom. The van der Waals surface area contributed by atoms with Crippen LogP contribution in [0.25, 0.3) is 0 Å². The summed E-state index contributed by atoms with van der Waals surface area (Å²) in [4.78, 5) is 54.3. The van der Waals surface area contributed by atoms with Crippen LogP contribution < -0.4 is 5.32 Å². The molecular weight excluding hydrogens is 805 g/mol. The molecule has 0 saturated carbocycles. The average Bonchev–Trinajstić information content (AvgIpc) is 3.69. The number of amides is 1. The van der Waals surface area contributed by atoms with Gasteiger partial charge in [-0.05, 0) is 62.8 Å². The highest BCUT2D eigenvalue weighted by Crippen LogP contribution is 2.27. The molecule has 0 spiro atoms. The maximum absolute atomic E-state index is 13.7. The molecule has 1 saturated heterocycles. The van der Waals surface area contributed by atoms with E-state index >= 15 is 0 Å². The predicted octanol–water partition coefficient (Wildman–Crippen LogP) is 16.4. The van der Waals surface area contributed by atoms with Crippen molar-refractivity contribution in [3.8, 4) is 0 Å². The Balaban J connectivity index is 2.41. The molecule has 3 unspecified atom stereocenters. The number of nitrogens with one attached hydrogen (secondary N) is 1. The number of carbonyl (C=O) groups excluding carboxylic acids is 4. The number of hydrogen-bond acceptors (Lipinski definition) is 6. The molecule has 382 valence electrons. The van der Waals surface area contributed by atoms with Gasteiger partial charge in [-0.25, -0.2) is 0 Å². The molecule has 3 atom stereocenters. The van der Waals surface area contributed by atoms with E-state index in [0.717, 1.165) is 90.1 Å². The van der Waals surface area contributed by atoms with Crippen LogP contribution in [-0.2, 0) is 23.9 Å². The van der Waals surface area contributed by atoms with Crippen molar-refractivity contribution in [3.05, 3.63) is 0 Å². The third-order valence-corrected chi connectivity index (χ3v) is 14.8. The summed E-state index contributed by atoms with van der Waals surface area (Å²) in [7, 11) is 0. The van der Waals surface area contributed by atoms with Gasteiger partial charge in [-0.1, -0.05) is 221 Å². The second kappa shape index (κ2) is 43.5. The van der Waals surface area contributed by atoms with Gasteiger partial charge in [0.05, 0.1) is 6.04 Å². The minimum atomic E-state index is -0.226. The highest BCUT2D eigenvalue weighted by atomic mass is 16.5. The normalized spacial score (nSPS) is 15.9. The van der Waals surface area contributed by atoms with Gasteiger partial charge in [0.25, 0.3) is 0 Å². The van der Waals surface area contributed by atoms with Crippen LogP contribution in [0.1, 0.15) is 298 Å². The number of carbonyl (C=O) groups is 4. The zero-order valence-corrected chi connectivity index (χ0v) is 44.3. The maximum atomic E-state index is 13.7. The Bertz CT molecular complexity index is 1130. The first kappa shape index (κ1) is 61.3. The second-order valence-corrected chi connectivity index (χ2v) is 21.3. The van der Waals surface area contributed by atoms with Crippen molar-refractivity contribution in [2.75, 3.05) is 19.6 Å². The van der Waals surface area contributed by atoms with E-state index in [9.17, 15) is 19.2 Å². The number of hydrogen-bond donors (Lipinski definition) is 1. The van der Waals surface area contributed by atoms with Gasteiger partial charge in [0, 0.05) is 51.6 Å². The highest BCUT2D eigenvalue weighted by Gasteiger charge is 2.37. The quantitative estimate of drug-likeness (QED) is 0.0483. The number of esters is 1. The number of Topliss-reactive ketones (excluding diaryl/α,β-unsaturated/α-hetero) is 2. The van der Waals surface area contributed by atoms with E-state index in [1.165, 1.54) is 154 Å². The van der Waals surface area contributed by atoms with Crippen LogP contribution in [0.2, 0.25) is 0 Å². The highest BCUT2D eigenvalue weighted by molar-refractivity contribution is 5.84. The molecule has 1 rings (SSSR count). The molecule has 0 aromatic heterocycles. The first-order valence-corrected chi connectivity index (χ1v) is 28.9.